The Balaban J connectivity index is 1.71. The molecule has 2 aromatic rings. The van der Waals surface area contributed by atoms with E-state index in [-0.39, 0.29) is 0 Å². The third-order valence-electron chi connectivity index (χ3n) is 3.64. The average molecular weight is 344 g/mol. The molecular weight excluding hydrogens is 320 g/mol. The van der Waals surface area contributed by atoms with E-state index in [9.17, 15) is 0 Å². The molecule has 0 heterocycles. The SMILES string of the molecule is CCOc1ccc(OCCNC(=S)Nc2cccc(C)c2C)cc1. The maximum atomic E-state index is 5.68. The molecule has 0 aromatic heterocycles. The Labute approximate surface area is 149 Å². The molecule has 0 unspecified atom stereocenters. The van der Waals surface area contributed by atoms with E-state index in [4.69, 9.17) is 21.7 Å². The number of anilines is 1. The molecular formula is C19H24N2O2S. The maximum Gasteiger partial charge on any atom is 0.170 e. The van der Waals surface area contributed by atoms with E-state index >= 15 is 0 Å². The highest BCUT2D eigenvalue weighted by atomic mass is 32.1. The van der Waals surface area contributed by atoms with Crippen molar-refractivity contribution in [3.63, 3.8) is 0 Å². The summed E-state index contributed by atoms with van der Waals surface area (Å²) in [6.45, 7) is 7.95. The molecule has 128 valence electrons. The van der Waals surface area contributed by atoms with E-state index in [0.29, 0.717) is 24.9 Å². The Morgan fingerprint density at radius 2 is 1.67 bits per heavy atom. The summed E-state index contributed by atoms with van der Waals surface area (Å²) in [5, 5.41) is 6.97. The van der Waals surface area contributed by atoms with E-state index < -0.39 is 0 Å². The van der Waals surface area contributed by atoms with Gasteiger partial charge in [-0.1, -0.05) is 12.1 Å². The highest BCUT2D eigenvalue weighted by Gasteiger charge is 2.03. The van der Waals surface area contributed by atoms with Crippen molar-refractivity contribution < 1.29 is 9.47 Å². The number of rotatable bonds is 7. The van der Waals surface area contributed by atoms with Crippen molar-refractivity contribution in [2.24, 2.45) is 0 Å². The van der Waals surface area contributed by atoms with Gasteiger partial charge in [0, 0.05) is 5.69 Å². The average Bonchev–Trinajstić information content (AvgIpc) is 2.58. The normalized spacial score (nSPS) is 10.1. The molecule has 0 amide bonds. The van der Waals surface area contributed by atoms with Gasteiger partial charge in [0.05, 0.1) is 13.2 Å². The standard InChI is InChI=1S/C19H24N2O2S/c1-4-22-16-8-10-17(11-9-16)23-13-12-20-19(24)21-18-7-5-6-14(2)15(18)3/h5-11H,4,12-13H2,1-3H3,(H2,20,21,24). The first-order chi connectivity index (χ1) is 11.6. The third-order valence-corrected chi connectivity index (χ3v) is 3.89. The Hall–Kier alpha value is -2.27. The predicted molar refractivity (Wildman–Crippen MR) is 103 cm³/mol. The minimum Gasteiger partial charge on any atom is -0.494 e. The van der Waals surface area contributed by atoms with Gasteiger partial charge in [0.15, 0.2) is 5.11 Å². The van der Waals surface area contributed by atoms with Gasteiger partial charge in [-0.15, -0.1) is 0 Å². The zero-order valence-corrected chi connectivity index (χ0v) is 15.2. The fourth-order valence-electron chi connectivity index (χ4n) is 2.19. The summed E-state index contributed by atoms with van der Waals surface area (Å²) < 4.78 is 11.1. The number of aryl methyl sites for hydroxylation is 1. The van der Waals surface area contributed by atoms with Crippen LogP contribution in [0.25, 0.3) is 0 Å². The van der Waals surface area contributed by atoms with Crippen LogP contribution in [0.5, 0.6) is 11.5 Å². The van der Waals surface area contributed by atoms with Gasteiger partial charge in [-0.3, -0.25) is 0 Å². The zero-order valence-electron chi connectivity index (χ0n) is 14.4. The summed E-state index contributed by atoms with van der Waals surface area (Å²) in [7, 11) is 0. The number of benzene rings is 2. The lowest BCUT2D eigenvalue weighted by molar-refractivity contribution is 0.319. The van der Waals surface area contributed by atoms with Crippen molar-refractivity contribution in [2.75, 3.05) is 25.1 Å². The predicted octanol–water partition coefficient (Wildman–Crippen LogP) is 4.07. The molecule has 0 aliphatic heterocycles. The summed E-state index contributed by atoms with van der Waals surface area (Å²) in [6.07, 6.45) is 0. The number of hydrogen-bond acceptors (Lipinski definition) is 3. The van der Waals surface area contributed by atoms with Gasteiger partial charge in [0.2, 0.25) is 0 Å². The van der Waals surface area contributed by atoms with E-state index in [0.717, 1.165) is 17.2 Å². The molecule has 2 rings (SSSR count). The Kier molecular flexibility index (Phi) is 6.88. The Morgan fingerprint density at radius 3 is 2.33 bits per heavy atom. The smallest absolute Gasteiger partial charge is 0.170 e. The van der Waals surface area contributed by atoms with Gasteiger partial charge in [-0.2, -0.15) is 0 Å². The summed E-state index contributed by atoms with van der Waals surface area (Å²) >= 11 is 5.32. The summed E-state index contributed by atoms with van der Waals surface area (Å²) in [6, 6.07) is 13.7. The molecule has 0 aliphatic rings. The summed E-state index contributed by atoms with van der Waals surface area (Å²) in [5.41, 5.74) is 3.47. The molecule has 0 radical (unpaired) electrons. The van der Waals surface area contributed by atoms with Gasteiger partial charge in [-0.25, -0.2) is 0 Å². The molecule has 5 heteroatoms. The molecule has 0 bridgehead atoms. The molecule has 0 fully saturated rings. The summed E-state index contributed by atoms with van der Waals surface area (Å²) in [4.78, 5) is 0. The second-order valence-electron chi connectivity index (χ2n) is 5.38. The number of ether oxygens (including phenoxy) is 2. The first-order valence-electron chi connectivity index (χ1n) is 8.07. The highest BCUT2D eigenvalue weighted by Crippen LogP contribution is 2.18. The zero-order chi connectivity index (χ0) is 17.4. The van der Waals surface area contributed by atoms with Gasteiger partial charge >= 0.3 is 0 Å². The van der Waals surface area contributed by atoms with Crippen molar-refractivity contribution in [3.05, 3.63) is 53.6 Å². The van der Waals surface area contributed by atoms with Crippen LogP contribution in [-0.4, -0.2) is 24.9 Å². The van der Waals surface area contributed by atoms with Gasteiger partial charge in [0.25, 0.3) is 0 Å². The van der Waals surface area contributed by atoms with Crippen LogP contribution >= 0.6 is 12.2 Å². The second-order valence-corrected chi connectivity index (χ2v) is 5.79. The topological polar surface area (TPSA) is 42.5 Å². The first-order valence-corrected chi connectivity index (χ1v) is 8.47. The van der Waals surface area contributed by atoms with Crippen LogP contribution in [0.3, 0.4) is 0 Å². The van der Waals surface area contributed by atoms with Crippen molar-refractivity contribution in [1.82, 2.24) is 5.32 Å². The van der Waals surface area contributed by atoms with Crippen LogP contribution in [0.2, 0.25) is 0 Å². The Morgan fingerprint density at radius 1 is 1.00 bits per heavy atom. The van der Waals surface area contributed by atoms with E-state index in [2.05, 4.69) is 30.5 Å². The number of thiocarbonyl (C=S) groups is 1. The quantitative estimate of drug-likeness (QED) is 0.585. The van der Waals surface area contributed by atoms with Crippen molar-refractivity contribution in [1.29, 1.82) is 0 Å². The molecule has 0 aliphatic carbocycles. The van der Waals surface area contributed by atoms with Crippen molar-refractivity contribution in [3.8, 4) is 11.5 Å². The van der Waals surface area contributed by atoms with Crippen LogP contribution in [0.1, 0.15) is 18.1 Å². The fourth-order valence-corrected chi connectivity index (χ4v) is 2.40. The molecule has 0 saturated carbocycles. The molecule has 24 heavy (non-hydrogen) atoms. The number of hydrogen-bond donors (Lipinski definition) is 2. The minimum absolute atomic E-state index is 0.530. The molecule has 2 aromatic carbocycles. The summed E-state index contributed by atoms with van der Waals surface area (Å²) in [5.74, 6) is 1.66. The van der Waals surface area contributed by atoms with Crippen LogP contribution < -0.4 is 20.1 Å². The third kappa shape index (κ3) is 5.42. The lowest BCUT2D eigenvalue weighted by Gasteiger charge is -2.14. The molecule has 2 N–H and O–H groups in total. The highest BCUT2D eigenvalue weighted by molar-refractivity contribution is 7.80. The first kappa shape index (κ1) is 18.1. The van der Waals surface area contributed by atoms with Gasteiger partial charge in [-0.05, 0) is 74.4 Å². The lowest BCUT2D eigenvalue weighted by Crippen LogP contribution is -2.32. The van der Waals surface area contributed by atoms with Gasteiger partial charge < -0.3 is 20.1 Å². The van der Waals surface area contributed by atoms with Crippen LogP contribution in [0.15, 0.2) is 42.5 Å². The maximum absolute atomic E-state index is 5.68. The van der Waals surface area contributed by atoms with Crippen LogP contribution in [-0.2, 0) is 0 Å². The van der Waals surface area contributed by atoms with E-state index in [1.54, 1.807) is 0 Å². The molecule has 0 spiro atoms. The monoisotopic (exact) mass is 344 g/mol. The van der Waals surface area contributed by atoms with E-state index in [1.165, 1.54) is 11.1 Å². The van der Waals surface area contributed by atoms with Gasteiger partial charge in [0.1, 0.15) is 18.1 Å². The van der Waals surface area contributed by atoms with Crippen molar-refractivity contribution in [2.45, 2.75) is 20.8 Å². The number of nitrogens with one attached hydrogen (secondary N) is 2. The second kappa shape index (κ2) is 9.13. The van der Waals surface area contributed by atoms with Crippen molar-refractivity contribution >= 4 is 23.0 Å². The molecule has 4 nitrogen and oxygen atoms in total. The fraction of sp³-hybridized carbons (Fsp3) is 0.316. The largest absolute Gasteiger partial charge is 0.494 e. The molecule has 0 atom stereocenters. The minimum atomic E-state index is 0.530. The van der Waals surface area contributed by atoms with Crippen LogP contribution in [0.4, 0.5) is 5.69 Å². The van der Waals surface area contributed by atoms with E-state index in [1.807, 2.05) is 43.3 Å². The van der Waals surface area contributed by atoms with Crippen LogP contribution in [0, 0.1) is 13.8 Å². The molecule has 0 saturated heterocycles. The Bertz CT molecular complexity index is 672. The lowest BCUT2D eigenvalue weighted by atomic mass is 10.1.